The van der Waals surface area contributed by atoms with Crippen LogP contribution < -0.4 is 9.62 Å². The predicted molar refractivity (Wildman–Crippen MR) is 147 cm³/mol. The molecule has 7 nitrogen and oxygen atoms in total. The Morgan fingerprint density at radius 2 is 1.53 bits per heavy atom. The maximum absolute atomic E-state index is 13.4. The Balaban J connectivity index is 2.26. The Morgan fingerprint density at radius 1 is 0.972 bits per heavy atom. The molecular weight excluding hydrogens is 545 g/mol. The molecule has 0 fully saturated rings. The summed E-state index contributed by atoms with van der Waals surface area (Å²) in [5.41, 5.74) is 1.62. The first-order chi connectivity index (χ1) is 16.7. The van der Waals surface area contributed by atoms with Gasteiger partial charge in [-0.25, -0.2) is 8.42 Å². The lowest BCUT2D eigenvalue weighted by Crippen LogP contribution is -2.49. The van der Waals surface area contributed by atoms with Gasteiger partial charge in [0.05, 0.1) is 11.9 Å². The van der Waals surface area contributed by atoms with Gasteiger partial charge >= 0.3 is 0 Å². The van der Waals surface area contributed by atoms with Crippen LogP contribution in [-0.4, -0.2) is 50.0 Å². The van der Waals surface area contributed by atoms with Crippen LogP contribution in [0.25, 0.3) is 0 Å². The first-order valence-corrected chi connectivity index (χ1v) is 14.5. The molecule has 0 spiro atoms. The van der Waals surface area contributed by atoms with Crippen LogP contribution in [0.15, 0.2) is 36.4 Å². The maximum atomic E-state index is 13.4. The zero-order chi connectivity index (χ0) is 27.2. The number of nitrogens with one attached hydrogen (secondary N) is 1. The molecule has 2 aromatic rings. The lowest BCUT2D eigenvalue weighted by molar-refractivity contribution is -0.140. The second-order valence-corrected chi connectivity index (χ2v) is 12.0. The lowest BCUT2D eigenvalue weighted by atomic mass is 10.1. The van der Waals surface area contributed by atoms with Gasteiger partial charge in [-0.2, -0.15) is 0 Å². The number of sulfonamides is 1. The summed E-state index contributed by atoms with van der Waals surface area (Å²) in [6, 6.07) is 9.17. The topological polar surface area (TPSA) is 86.8 Å². The van der Waals surface area contributed by atoms with Crippen molar-refractivity contribution in [1.29, 1.82) is 0 Å². The highest BCUT2D eigenvalue weighted by Gasteiger charge is 2.28. The lowest BCUT2D eigenvalue weighted by Gasteiger charge is -2.30. The van der Waals surface area contributed by atoms with Crippen molar-refractivity contribution in [3.8, 4) is 0 Å². The number of hydrogen-bond donors (Lipinski definition) is 1. The van der Waals surface area contributed by atoms with Crippen molar-refractivity contribution >= 4 is 62.3 Å². The average Bonchev–Trinajstić information content (AvgIpc) is 2.77. The molecule has 1 N–H and O–H groups in total. The van der Waals surface area contributed by atoms with Gasteiger partial charge in [0.15, 0.2) is 0 Å². The molecule has 1 atom stereocenters. The van der Waals surface area contributed by atoms with Crippen molar-refractivity contribution < 1.29 is 18.0 Å². The van der Waals surface area contributed by atoms with Gasteiger partial charge in [0.2, 0.25) is 21.8 Å². The minimum atomic E-state index is -3.63. The van der Waals surface area contributed by atoms with Crippen molar-refractivity contribution in [3.05, 3.63) is 62.6 Å². The monoisotopic (exact) mass is 575 g/mol. The number of hydrogen-bond acceptors (Lipinski definition) is 4. The number of nitrogens with zero attached hydrogens (tertiary/aromatic N) is 2. The fraction of sp³-hybridized carbons (Fsp3) is 0.440. The number of halogens is 3. The van der Waals surface area contributed by atoms with E-state index in [1.54, 1.807) is 50.2 Å². The first-order valence-electron chi connectivity index (χ1n) is 11.5. The van der Waals surface area contributed by atoms with E-state index in [4.69, 9.17) is 34.8 Å². The van der Waals surface area contributed by atoms with Crippen LogP contribution in [0.2, 0.25) is 15.1 Å². The SMILES string of the molecule is Cc1c(Cl)cccc1N(CCCC(=O)N(Cc1c(Cl)cccc1Cl)[C@H](C)C(=O)NC(C)C)S(C)(=O)=O. The highest BCUT2D eigenvalue weighted by atomic mass is 35.5. The molecule has 0 bridgehead atoms. The second kappa shape index (κ2) is 13.0. The van der Waals surface area contributed by atoms with Crippen LogP contribution in [0.4, 0.5) is 5.69 Å². The van der Waals surface area contributed by atoms with Gasteiger partial charge in [0, 0.05) is 46.2 Å². The van der Waals surface area contributed by atoms with Gasteiger partial charge in [0.25, 0.3) is 0 Å². The van der Waals surface area contributed by atoms with E-state index in [0.29, 0.717) is 31.9 Å². The van der Waals surface area contributed by atoms with Crippen molar-refractivity contribution in [3.63, 3.8) is 0 Å². The summed E-state index contributed by atoms with van der Waals surface area (Å²) >= 11 is 18.9. The molecule has 0 aromatic heterocycles. The third kappa shape index (κ3) is 8.00. The highest BCUT2D eigenvalue weighted by Crippen LogP contribution is 2.29. The molecule has 198 valence electrons. The zero-order valence-electron chi connectivity index (χ0n) is 21.0. The standard InChI is InChI=1S/C25H32Cl3N3O4S/c1-16(2)29-25(33)18(4)30(15-19-21(27)10-6-11-22(19)28)24(32)13-8-14-31(36(5,34)35)23-12-7-9-20(26)17(23)3/h6-7,9-12,16,18H,8,13-15H2,1-5H3,(H,29,33)/t18-/m1/s1. The van der Waals surface area contributed by atoms with Crippen LogP contribution in [0.3, 0.4) is 0 Å². The molecule has 0 radical (unpaired) electrons. The molecule has 0 saturated carbocycles. The van der Waals surface area contributed by atoms with E-state index in [0.717, 1.165) is 6.26 Å². The number of anilines is 1. The summed E-state index contributed by atoms with van der Waals surface area (Å²) in [6.07, 6.45) is 1.34. The summed E-state index contributed by atoms with van der Waals surface area (Å²) in [5.74, 6) is -0.637. The van der Waals surface area contributed by atoms with Crippen LogP contribution in [-0.2, 0) is 26.2 Å². The summed E-state index contributed by atoms with van der Waals surface area (Å²) in [4.78, 5) is 27.5. The zero-order valence-corrected chi connectivity index (χ0v) is 24.1. The van der Waals surface area contributed by atoms with Crippen LogP contribution in [0.1, 0.15) is 44.7 Å². The Labute approximate surface area is 228 Å². The molecule has 0 aliphatic heterocycles. The van der Waals surface area contributed by atoms with E-state index in [-0.39, 0.29) is 43.8 Å². The van der Waals surface area contributed by atoms with Crippen molar-refractivity contribution in [1.82, 2.24) is 10.2 Å². The molecule has 0 saturated heterocycles. The molecule has 0 unspecified atom stereocenters. The molecule has 2 rings (SSSR count). The molecule has 0 aliphatic rings. The Bertz CT molecular complexity index is 1180. The minimum Gasteiger partial charge on any atom is -0.352 e. The van der Waals surface area contributed by atoms with Crippen LogP contribution in [0.5, 0.6) is 0 Å². The fourth-order valence-corrected chi connectivity index (χ4v) is 5.39. The smallest absolute Gasteiger partial charge is 0.242 e. The average molecular weight is 577 g/mol. The maximum Gasteiger partial charge on any atom is 0.242 e. The first kappa shape index (κ1) is 30.2. The summed E-state index contributed by atoms with van der Waals surface area (Å²) in [7, 11) is -3.63. The summed E-state index contributed by atoms with van der Waals surface area (Å²) in [5, 5.41) is 4.04. The quantitative estimate of drug-likeness (QED) is 0.386. The molecule has 0 aliphatic carbocycles. The van der Waals surface area contributed by atoms with E-state index in [1.165, 1.54) is 9.21 Å². The molecule has 0 heterocycles. The van der Waals surface area contributed by atoms with Crippen molar-refractivity contribution in [2.45, 2.75) is 59.2 Å². The largest absolute Gasteiger partial charge is 0.352 e. The van der Waals surface area contributed by atoms with Gasteiger partial charge in [-0.1, -0.05) is 46.9 Å². The molecule has 11 heteroatoms. The number of amides is 2. The molecule has 36 heavy (non-hydrogen) atoms. The van der Waals surface area contributed by atoms with E-state index in [9.17, 15) is 18.0 Å². The van der Waals surface area contributed by atoms with Crippen molar-refractivity contribution in [2.75, 3.05) is 17.1 Å². The van der Waals surface area contributed by atoms with Gasteiger partial charge in [-0.3, -0.25) is 13.9 Å². The van der Waals surface area contributed by atoms with Gasteiger partial charge in [0.1, 0.15) is 6.04 Å². The molecular formula is C25H32Cl3N3O4S. The molecule has 2 amide bonds. The van der Waals surface area contributed by atoms with E-state index in [2.05, 4.69) is 5.32 Å². The fourth-order valence-electron chi connectivity index (χ4n) is 3.69. The second-order valence-electron chi connectivity index (χ2n) is 8.88. The minimum absolute atomic E-state index is 0.00695. The summed E-state index contributed by atoms with van der Waals surface area (Å²) in [6.45, 7) is 7.15. The van der Waals surface area contributed by atoms with Gasteiger partial charge < -0.3 is 10.2 Å². The number of carbonyl (C=O) groups excluding carboxylic acids is 2. The number of rotatable bonds is 11. The van der Waals surface area contributed by atoms with Crippen LogP contribution in [0, 0.1) is 6.92 Å². The third-order valence-corrected chi connectivity index (χ3v) is 7.95. The summed E-state index contributed by atoms with van der Waals surface area (Å²) < 4.78 is 26.3. The predicted octanol–water partition coefficient (Wildman–Crippen LogP) is 5.44. The van der Waals surface area contributed by atoms with E-state index in [1.807, 2.05) is 13.8 Å². The van der Waals surface area contributed by atoms with E-state index < -0.39 is 16.1 Å². The number of benzene rings is 2. The van der Waals surface area contributed by atoms with E-state index >= 15 is 0 Å². The highest BCUT2D eigenvalue weighted by molar-refractivity contribution is 7.92. The Morgan fingerprint density at radius 3 is 2.08 bits per heavy atom. The third-order valence-electron chi connectivity index (χ3n) is 5.65. The Hall–Kier alpha value is -2.00. The Kier molecular flexibility index (Phi) is 10.9. The molecule has 2 aromatic carbocycles. The normalized spacial score (nSPS) is 12.4. The van der Waals surface area contributed by atoms with Crippen molar-refractivity contribution in [2.24, 2.45) is 0 Å². The number of carbonyl (C=O) groups is 2. The van der Waals surface area contributed by atoms with Gasteiger partial charge in [-0.15, -0.1) is 0 Å². The van der Waals surface area contributed by atoms with Crippen LogP contribution >= 0.6 is 34.8 Å². The van der Waals surface area contributed by atoms with Gasteiger partial charge in [-0.05, 0) is 63.9 Å².